The molecule has 18 heavy (non-hydrogen) atoms. The maximum absolute atomic E-state index is 12.1. The molecule has 0 aliphatic heterocycles. The number of rotatable bonds is 4. The lowest BCUT2D eigenvalue weighted by Gasteiger charge is -2.22. The van der Waals surface area contributed by atoms with Crippen LogP contribution in [-0.2, 0) is 11.0 Å². The molecule has 1 N–H and O–H groups in total. The predicted molar refractivity (Wildman–Crippen MR) is 80.0 cm³/mol. The molecule has 1 rings (SSSR count). The van der Waals surface area contributed by atoms with E-state index in [4.69, 9.17) is 0 Å². The van der Waals surface area contributed by atoms with Crippen molar-refractivity contribution in [3.8, 4) is 0 Å². The Bertz CT molecular complexity index is 421. The Labute approximate surface area is 114 Å². The van der Waals surface area contributed by atoms with Gasteiger partial charge in [0.1, 0.15) is 0 Å². The molecule has 3 heteroatoms. The Balaban J connectivity index is 2.82. The van der Waals surface area contributed by atoms with Gasteiger partial charge in [0, 0.05) is 6.04 Å². The quantitative estimate of drug-likeness (QED) is 0.880. The van der Waals surface area contributed by atoms with E-state index < -0.39 is 11.0 Å². The van der Waals surface area contributed by atoms with Gasteiger partial charge in [0.2, 0.25) is 0 Å². The van der Waals surface area contributed by atoms with E-state index in [0.717, 1.165) is 0 Å². The van der Waals surface area contributed by atoms with Crippen molar-refractivity contribution in [2.45, 2.75) is 58.2 Å². The van der Waals surface area contributed by atoms with E-state index in [1.54, 1.807) is 0 Å². The van der Waals surface area contributed by atoms with Gasteiger partial charge in [0.25, 0.3) is 0 Å². The van der Waals surface area contributed by atoms with Crippen molar-refractivity contribution >= 4 is 11.0 Å². The Kier molecular flexibility index (Phi) is 5.11. The van der Waals surface area contributed by atoms with Crippen molar-refractivity contribution in [2.75, 3.05) is 0 Å². The largest absolute Gasteiger partial charge is 0.242 e. The fraction of sp³-hybridized carbons (Fsp3) is 0.600. The van der Waals surface area contributed by atoms with Gasteiger partial charge in [-0.2, -0.15) is 0 Å². The molecule has 0 aromatic heterocycles. The highest BCUT2D eigenvalue weighted by Gasteiger charge is 2.21. The highest BCUT2D eigenvalue weighted by molar-refractivity contribution is 7.84. The maximum atomic E-state index is 12.1. The molecule has 0 bridgehead atoms. The summed E-state index contributed by atoms with van der Waals surface area (Å²) in [5, 5.41) is 0. The van der Waals surface area contributed by atoms with Crippen molar-refractivity contribution in [2.24, 2.45) is 0 Å². The Morgan fingerprint density at radius 1 is 1.11 bits per heavy atom. The number of benzene rings is 1. The van der Waals surface area contributed by atoms with Crippen LogP contribution in [-0.4, -0.2) is 8.96 Å². The Morgan fingerprint density at radius 3 is 2.17 bits per heavy atom. The molecular formula is C15H25NOS. The van der Waals surface area contributed by atoms with Gasteiger partial charge in [0.05, 0.1) is 15.7 Å². The van der Waals surface area contributed by atoms with Gasteiger partial charge < -0.3 is 0 Å². The topological polar surface area (TPSA) is 29.1 Å². The van der Waals surface area contributed by atoms with Crippen LogP contribution in [0.25, 0.3) is 0 Å². The zero-order chi connectivity index (χ0) is 13.9. The third kappa shape index (κ3) is 4.21. The summed E-state index contributed by atoms with van der Waals surface area (Å²) in [6.07, 6.45) is 0. The minimum absolute atomic E-state index is 0.101. The molecule has 0 aliphatic rings. The first-order valence-electron chi connectivity index (χ1n) is 6.49. The molecule has 1 aromatic carbocycles. The van der Waals surface area contributed by atoms with Crippen molar-refractivity contribution < 1.29 is 4.21 Å². The standard InChI is InChI=1S/C15H25NOS/c1-11(2)13-8-7-9-14(10-13)12(3)16-18(17)15(4,5)6/h7-12,16H,1-6H3/t12-,18?/m0/s1. The lowest BCUT2D eigenvalue weighted by Crippen LogP contribution is -2.34. The summed E-state index contributed by atoms with van der Waals surface area (Å²) in [5.74, 6) is 0.519. The maximum Gasteiger partial charge on any atom is 0.0975 e. The molecule has 0 aliphatic carbocycles. The highest BCUT2D eigenvalue weighted by Crippen LogP contribution is 2.21. The molecule has 1 unspecified atom stereocenters. The zero-order valence-electron chi connectivity index (χ0n) is 12.3. The first-order chi connectivity index (χ1) is 8.21. The average Bonchev–Trinajstić information content (AvgIpc) is 2.27. The number of nitrogens with one attached hydrogen (secondary N) is 1. The van der Waals surface area contributed by atoms with Crippen molar-refractivity contribution in [3.63, 3.8) is 0 Å². The molecule has 0 heterocycles. The summed E-state index contributed by atoms with van der Waals surface area (Å²) in [5.41, 5.74) is 2.52. The molecular weight excluding hydrogens is 242 g/mol. The van der Waals surface area contributed by atoms with Crippen molar-refractivity contribution in [3.05, 3.63) is 35.4 Å². The van der Waals surface area contributed by atoms with Crippen LogP contribution in [0.3, 0.4) is 0 Å². The van der Waals surface area contributed by atoms with Gasteiger partial charge in [-0.1, -0.05) is 38.1 Å². The third-order valence-electron chi connectivity index (χ3n) is 2.92. The van der Waals surface area contributed by atoms with E-state index >= 15 is 0 Å². The molecule has 0 saturated heterocycles. The molecule has 0 spiro atoms. The lowest BCUT2D eigenvalue weighted by molar-refractivity contribution is 0.616. The van der Waals surface area contributed by atoms with Crippen LogP contribution in [0.1, 0.15) is 64.6 Å². The van der Waals surface area contributed by atoms with E-state index in [-0.39, 0.29) is 10.8 Å². The zero-order valence-corrected chi connectivity index (χ0v) is 13.1. The molecule has 2 nitrogen and oxygen atoms in total. The van der Waals surface area contributed by atoms with Gasteiger partial charge >= 0.3 is 0 Å². The number of hydrogen-bond donors (Lipinski definition) is 1. The molecule has 0 amide bonds. The molecule has 102 valence electrons. The number of hydrogen-bond acceptors (Lipinski definition) is 1. The second-order valence-electron chi connectivity index (χ2n) is 6.05. The van der Waals surface area contributed by atoms with Crippen LogP contribution >= 0.6 is 0 Å². The van der Waals surface area contributed by atoms with Crippen LogP contribution in [0.4, 0.5) is 0 Å². The SMILES string of the molecule is CC(C)c1cccc([C@H](C)NS(=O)C(C)(C)C)c1. The molecule has 1 aromatic rings. The highest BCUT2D eigenvalue weighted by atomic mass is 32.2. The van der Waals surface area contributed by atoms with Crippen LogP contribution in [0, 0.1) is 0 Å². The minimum atomic E-state index is -1.04. The van der Waals surface area contributed by atoms with E-state index in [1.165, 1.54) is 11.1 Å². The Morgan fingerprint density at radius 2 is 1.67 bits per heavy atom. The van der Waals surface area contributed by atoms with E-state index in [0.29, 0.717) is 5.92 Å². The molecule has 0 radical (unpaired) electrons. The fourth-order valence-corrected chi connectivity index (χ4v) is 2.40. The van der Waals surface area contributed by atoms with Gasteiger partial charge in [-0.05, 0) is 44.7 Å². The molecule has 2 atom stereocenters. The summed E-state index contributed by atoms with van der Waals surface area (Å²) in [7, 11) is -1.04. The Hall–Kier alpha value is -0.670. The van der Waals surface area contributed by atoms with Crippen LogP contribution in [0.15, 0.2) is 24.3 Å². The van der Waals surface area contributed by atoms with Gasteiger partial charge in [-0.25, -0.2) is 8.93 Å². The van der Waals surface area contributed by atoms with E-state index in [1.807, 2.05) is 20.8 Å². The van der Waals surface area contributed by atoms with Crippen molar-refractivity contribution in [1.29, 1.82) is 0 Å². The fourth-order valence-electron chi connectivity index (χ4n) is 1.59. The second-order valence-corrected chi connectivity index (χ2v) is 8.04. The smallest absolute Gasteiger partial charge is 0.0975 e. The van der Waals surface area contributed by atoms with Crippen LogP contribution in [0.2, 0.25) is 0 Å². The summed E-state index contributed by atoms with van der Waals surface area (Å²) >= 11 is 0. The average molecular weight is 267 g/mol. The second kappa shape index (κ2) is 5.98. The lowest BCUT2D eigenvalue weighted by atomic mass is 9.99. The summed E-state index contributed by atoms with van der Waals surface area (Å²) in [6, 6.07) is 8.60. The molecule has 0 saturated carbocycles. The van der Waals surface area contributed by atoms with Gasteiger partial charge in [0.15, 0.2) is 0 Å². The predicted octanol–water partition coefficient (Wildman–Crippen LogP) is 3.92. The summed E-state index contributed by atoms with van der Waals surface area (Å²) in [6.45, 7) is 12.4. The third-order valence-corrected chi connectivity index (χ3v) is 4.60. The van der Waals surface area contributed by atoms with Crippen LogP contribution < -0.4 is 4.72 Å². The van der Waals surface area contributed by atoms with Crippen molar-refractivity contribution in [1.82, 2.24) is 4.72 Å². The summed E-state index contributed by atoms with van der Waals surface area (Å²) < 4.78 is 15.0. The van der Waals surface area contributed by atoms with E-state index in [9.17, 15) is 4.21 Å². The molecule has 0 fully saturated rings. The van der Waals surface area contributed by atoms with Gasteiger partial charge in [-0.15, -0.1) is 0 Å². The monoisotopic (exact) mass is 267 g/mol. The van der Waals surface area contributed by atoms with E-state index in [2.05, 4.69) is 49.8 Å². The normalized spacial score (nSPS) is 15.7. The summed E-state index contributed by atoms with van der Waals surface area (Å²) in [4.78, 5) is 0. The first kappa shape index (κ1) is 15.4. The first-order valence-corrected chi connectivity index (χ1v) is 7.64. The minimum Gasteiger partial charge on any atom is -0.242 e. The van der Waals surface area contributed by atoms with Crippen LogP contribution in [0.5, 0.6) is 0 Å². The van der Waals surface area contributed by atoms with Gasteiger partial charge in [-0.3, -0.25) is 0 Å².